The summed E-state index contributed by atoms with van der Waals surface area (Å²) in [6.45, 7) is 1.10. The number of pyridine rings is 1. The van der Waals surface area contributed by atoms with Crippen LogP contribution in [-0.4, -0.2) is 48.0 Å². The quantitative estimate of drug-likeness (QED) is 0.575. The third-order valence-corrected chi connectivity index (χ3v) is 4.13. The molecule has 4 amide bonds. The Bertz CT molecular complexity index is 854. The number of imide groups is 1. The normalized spacial score (nSPS) is 12.9. The fraction of sp³-hybridized carbons (Fsp3) is 0.263. The van der Waals surface area contributed by atoms with Crippen LogP contribution in [-0.2, 0) is 11.3 Å². The molecule has 8 heteroatoms. The highest BCUT2D eigenvalue weighted by Crippen LogP contribution is 2.26. The van der Waals surface area contributed by atoms with Gasteiger partial charge in [-0.2, -0.15) is 0 Å². The largest absolute Gasteiger partial charge is 0.385 e. The SMILES string of the molecule is COCCCN1C(=O)c2ccc(NC(=O)NCc3cccnc3)cc2C1=O. The maximum Gasteiger partial charge on any atom is 0.319 e. The molecule has 0 spiro atoms. The first-order chi connectivity index (χ1) is 13.1. The Morgan fingerprint density at radius 2 is 2.00 bits per heavy atom. The minimum Gasteiger partial charge on any atom is -0.385 e. The summed E-state index contributed by atoms with van der Waals surface area (Å²) in [6.07, 6.45) is 3.90. The van der Waals surface area contributed by atoms with Crippen LogP contribution in [0.4, 0.5) is 10.5 Å². The number of ether oxygens (including phenoxy) is 1. The number of aromatic nitrogens is 1. The molecular formula is C19H20N4O4. The molecule has 1 aliphatic rings. The summed E-state index contributed by atoms with van der Waals surface area (Å²) in [5.41, 5.74) is 1.95. The predicted octanol–water partition coefficient (Wildman–Crippen LogP) is 2.04. The Hall–Kier alpha value is -3.26. The van der Waals surface area contributed by atoms with E-state index in [0.717, 1.165) is 5.56 Å². The van der Waals surface area contributed by atoms with Crippen LogP contribution in [0.25, 0.3) is 0 Å². The minimum absolute atomic E-state index is 0.294. The molecule has 3 rings (SSSR count). The molecule has 2 N–H and O–H groups in total. The summed E-state index contributed by atoms with van der Waals surface area (Å²) in [5.74, 6) is -0.677. The molecule has 1 aliphatic heterocycles. The molecule has 0 radical (unpaired) electrons. The van der Waals surface area contributed by atoms with Gasteiger partial charge in [-0.25, -0.2) is 4.79 Å². The van der Waals surface area contributed by atoms with Gasteiger partial charge in [-0.15, -0.1) is 0 Å². The van der Waals surface area contributed by atoms with E-state index >= 15 is 0 Å². The van der Waals surface area contributed by atoms with Crippen LogP contribution in [0, 0.1) is 0 Å². The van der Waals surface area contributed by atoms with E-state index < -0.39 is 6.03 Å². The molecule has 0 aliphatic carbocycles. The summed E-state index contributed by atoms with van der Waals surface area (Å²) >= 11 is 0. The number of hydrogen-bond donors (Lipinski definition) is 2. The van der Waals surface area contributed by atoms with Crippen molar-refractivity contribution in [1.82, 2.24) is 15.2 Å². The van der Waals surface area contributed by atoms with Gasteiger partial charge in [0, 0.05) is 44.9 Å². The molecule has 0 fully saturated rings. The van der Waals surface area contributed by atoms with Crippen LogP contribution in [0.15, 0.2) is 42.7 Å². The summed E-state index contributed by atoms with van der Waals surface area (Å²) < 4.78 is 4.96. The third kappa shape index (κ3) is 4.29. The van der Waals surface area contributed by atoms with Gasteiger partial charge in [-0.1, -0.05) is 6.07 Å². The highest BCUT2D eigenvalue weighted by atomic mass is 16.5. The van der Waals surface area contributed by atoms with Crippen molar-refractivity contribution >= 4 is 23.5 Å². The number of fused-ring (bicyclic) bond motifs is 1. The first kappa shape index (κ1) is 18.5. The predicted molar refractivity (Wildman–Crippen MR) is 98.4 cm³/mol. The lowest BCUT2D eigenvalue weighted by Gasteiger charge is -2.12. The minimum atomic E-state index is -0.410. The molecule has 8 nitrogen and oxygen atoms in total. The smallest absolute Gasteiger partial charge is 0.319 e. The summed E-state index contributed by atoms with van der Waals surface area (Å²) in [7, 11) is 1.57. The van der Waals surface area contributed by atoms with Crippen LogP contribution < -0.4 is 10.6 Å². The first-order valence-corrected chi connectivity index (χ1v) is 8.53. The topological polar surface area (TPSA) is 101 Å². The Morgan fingerprint density at radius 3 is 2.74 bits per heavy atom. The zero-order valence-corrected chi connectivity index (χ0v) is 14.9. The molecule has 0 saturated heterocycles. The molecule has 27 heavy (non-hydrogen) atoms. The second kappa shape index (κ2) is 8.41. The highest BCUT2D eigenvalue weighted by molar-refractivity contribution is 6.21. The van der Waals surface area contributed by atoms with Gasteiger partial charge in [-0.3, -0.25) is 19.5 Å². The van der Waals surface area contributed by atoms with E-state index in [1.54, 1.807) is 37.7 Å². The monoisotopic (exact) mass is 368 g/mol. The Kier molecular flexibility index (Phi) is 5.77. The van der Waals surface area contributed by atoms with Crippen molar-refractivity contribution in [2.45, 2.75) is 13.0 Å². The summed E-state index contributed by atoms with van der Waals surface area (Å²) in [4.78, 5) is 42.1. The van der Waals surface area contributed by atoms with Gasteiger partial charge in [0.05, 0.1) is 11.1 Å². The van der Waals surface area contributed by atoms with E-state index in [0.29, 0.717) is 42.9 Å². The van der Waals surface area contributed by atoms with E-state index in [4.69, 9.17) is 4.74 Å². The van der Waals surface area contributed by atoms with Gasteiger partial charge in [0.1, 0.15) is 0 Å². The van der Waals surface area contributed by atoms with Crippen LogP contribution in [0.5, 0.6) is 0 Å². The van der Waals surface area contributed by atoms with Crippen molar-refractivity contribution in [2.24, 2.45) is 0 Å². The van der Waals surface area contributed by atoms with Crippen molar-refractivity contribution in [3.05, 3.63) is 59.4 Å². The van der Waals surface area contributed by atoms with E-state index in [2.05, 4.69) is 15.6 Å². The lowest BCUT2D eigenvalue weighted by Crippen LogP contribution is -2.31. The molecule has 0 unspecified atom stereocenters. The van der Waals surface area contributed by atoms with Crippen LogP contribution in [0.1, 0.15) is 32.7 Å². The standard InChI is InChI=1S/C19H20N4O4/c1-27-9-3-8-23-17(24)15-6-5-14(10-16(15)18(23)25)22-19(26)21-12-13-4-2-7-20-11-13/h2,4-7,10-11H,3,8-9,12H2,1H3,(H2,21,22,26). The highest BCUT2D eigenvalue weighted by Gasteiger charge is 2.35. The van der Waals surface area contributed by atoms with Crippen LogP contribution >= 0.6 is 0 Å². The summed E-state index contributed by atoms with van der Waals surface area (Å²) in [5, 5.41) is 5.38. The Balaban J connectivity index is 1.62. The van der Waals surface area contributed by atoms with Crippen molar-refractivity contribution in [3.63, 3.8) is 0 Å². The zero-order valence-electron chi connectivity index (χ0n) is 14.9. The Labute approximate surface area is 156 Å². The fourth-order valence-electron chi connectivity index (χ4n) is 2.80. The number of methoxy groups -OCH3 is 1. The van der Waals surface area contributed by atoms with Crippen LogP contribution in [0.3, 0.4) is 0 Å². The molecule has 0 saturated carbocycles. The number of nitrogens with one attached hydrogen (secondary N) is 2. The number of benzene rings is 1. The average Bonchev–Trinajstić information content (AvgIpc) is 2.92. The van der Waals surface area contributed by atoms with Crippen LogP contribution in [0.2, 0.25) is 0 Å². The van der Waals surface area contributed by atoms with Crippen molar-refractivity contribution < 1.29 is 19.1 Å². The lowest BCUT2D eigenvalue weighted by molar-refractivity contribution is 0.0638. The van der Waals surface area contributed by atoms with Gasteiger partial charge in [0.2, 0.25) is 0 Å². The number of nitrogens with zero attached hydrogens (tertiary/aromatic N) is 2. The van der Waals surface area contributed by atoms with Gasteiger partial charge in [0.25, 0.3) is 11.8 Å². The number of carbonyl (C=O) groups excluding carboxylic acids is 3. The number of urea groups is 1. The number of amides is 4. The summed E-state index contributed by atoms with van der Waals surface area (Å²) in [6, 6.07) is 7.92. The van der Waals surface area contributed by atoms with Gasteiger partial charge in [-0.05, 0) is 36.2 Å². The number of hydrogen-bond acceptors (Lipinski definition) is 5. The molecule has 0 bridgehead atoms. The molecule has 1 aromatic carbocycles. The van der Waals surface area contributed by atoms with Crippen molar-refractivity contribution in [2.75, 3.05) is 25.6 Å². The molecule has 1 aromatic heterocycles. The molecule has 2 heterocycles. The average molecular weight is 368 g/mol. The maximum absolute atomic E-state index is 12.5. The molecule has 2 aromatic rings. The van der Waals surface area contributed by atoms with Gasteiger partial charge < -0.3 is 15.4 Å². The lowest BCUT2D eigenvalue weighted by atomic mass is 10.1. The number of rotatable bonds is 7. The maximum atomic E-state index is 12.5. The zero-order chi connectivity index (χ0) is 19.2. The van der Waals surface area contributed by atoms with E-state index in [-0.39, 0.29) is 11.8 Å². The second-order valence-electron chi connectivity index (χ2n) is 6.04. The third-order valence-electron chi connectivity index (χ3n) is 4.13. The van der Waals surface area contributed by atoms with E-state index in [9.17, 15) is 14.4 Å². The first-order valence-electron chi connectivity index (χ1n) is 8.53. The molecule has 0 atom stereocenters. The van der Waals surface area contributed by atoms with Gasteiger partial charge >= 0.3 is 6.03 Å². The van der Waals surface area contributed by atoms with Gasteiger partial charge in [0.15, 0.2) is 0 Å². The van der Waals surface area contributed by atoms with Crippen molar-refractivity contribution in [1.29, 1.82) is 0 Å². The number of anilines is 1. The fourth-order valence-corrected chi connectivity index (χ4v) is 2.80. The number of carbonyl (C=O) groups is 3. The Morgan fingerprint density at radius 1 is 1.19 bits per heavy atom. The molecular weight excluding hydrogens is 348 g/mol. The molecule has 140 valence electrons. The van der Waals surface area contributed by atoms with E-state index in [1.165, 1.54) is 11.0 Å². The second-order valence-corrected chi connectivity index (χ2v) is 6.04. The van der Waals surface area contributed by atoms with Crippen molar-refractivity contribution in [3.8, 4) is 0 Å². The van der Waals surface area contributed by atoms with E-state index in [1.807, 2.05) is 6.07 Å².